The fraction of sp³-hybridized carbons (Fsp3) is 0.647. The molecule has 2 aliphatic heterocycles. The quantitative estimate of drug-likeness (QED) is 0.811. The Bertz CT molecular complexity index is 672. The van der Waals surface area contributed by atoms with E-state index < -0.39 is 15.3 Å². The summed E-state index contributed by atoms with van der Waals surface area (Å²) in [5.74, 6) is 0. The van der Waals surface area contributed by atoms with Gasteiger partial charge in [0.1, 0.15) is 5.25 Å². The topological polar surface area (TPSA) is 71.1 Å². The summed E-state index contributed by atoms with van der Waals surface area (Å²) in [6.07, 6.45) is 1.87. The van der Waals surface area contributed by atoms with Crippen LogP contribution in [0.3, 0.4) is 0 Å². The standard InChI is InChI=1S/C17H27N3O4S/c1-19(2)14-8-6-13(7-9-14)17-16(12-24-20(17)3)25(21,22)18-11-15-5-4-10-23-15/h6-9,15-18H,4-5,10-12H2,1-3H3/t15-,16-,17-/m1/s1. The van der Waals surface area contributed by atoms with Crippen LogP contribution < -0.4 is 9.62 Å². The smallest absolute Gasteiger partial charge is 0.218 e. The number of anilines is 1. The van der Waals surface area contributed by atoms with E-state index in [1.54, 1.807) is 12.1 Å². The second-order valence-electron chi connectivity index (χ2n) is 6.84. The lowest BCUT2D eigenvalue weighted by molar-refractivity contribution is -0.110. The van der Waals surface area contributed by atoms with Gasteiger partial charge in [-0.1, -0.05) is 12.1 Å². The van der Waals surface area contributed by atoms with Crippen molar-refractivity contribution in [3.63, 3.8) is 0 Å². The Morgan fingerprint density at radius 3 is 2.60 bits per heavy atom. The van der Waals surface area contributed by atoms with Crippen molar-refractivity contribution in [1.82, 2.24) is 9.79 Å². The van der Waals surface area contributed by atoms with Crippen LogP contribution in [-0.2, 0) is 19.6 Å². The largest absolute Gasteiger partial charge is 0.378 e. The Hall–Kier alpha value is -1.19. The third kappa shape index (κ3) is 4.15. The van der Waals surface area contributed by atoms with Gasteiger partial charge in [-0.2, -0.15) is 5.06 Å². The minimum absolute atomic E-state index is 0.0207. The summed E-state index contributed by atoms with van der Waals surface area (Å²) in [5.41, 5.74) is 2.00. The van der Waals surface area contributed by atoms with Gasteiger partial charge in [-0.05, 0) is 30.5 Å². The molecule has 7 nitrogen and oxygen atoms in total. The molecule has 140 valence electrons. The zero-order valence-corrected chi connectivity index (χ0v) is 15.8. The molecule has 0 aromatic heterocycles. The monoisotopic (exact) mass is 369 g/mol. The number of hydrogen-bond donors (Lipinski definition) is 1. The molecular weight excluding hydrogens is 342 g/mol. The number of hydroxylamine groups is 2. The van der Waals surface area contributed by atoms with Crippen LogP contribution in [0.4, 0.5) is 5.69 Å². The fourth-order valence-electron chi connectivity index (χ4n) is 3.37. The van der Waals surface area contributed by atoms with E-state index in [4.69, 9.17) is 9.57 Å². The van der Waals surface area contributed by atoms with E-state index >= 15 is 0 Å². The van der Waals surface area contributed by atoms with Crippen LogP contribution in [0, 0.1) is 0 Å². The zero-order valence-electron chi connectivity index (χ0n) is 15.0. The predicted molar refractivity (Wildman–Crippen MR) is 96.9 cm³/mol. The summed E-state index contributed by atoms with van der Waals surface area (Å²) in [5, 5.41) is 0.991. The Kier molecular flexibility index (Phi) is 5.65. The Balaban J connectivity index is 1.74. The highest BCUT2D eigenvalue weighted by atomic mass is 32.2. The lowest BCUT2D eigenvalue weighted by Gasteiger charge is -2.24. The van der Waals surface area contributed by atoms with Gasteiger partial charge in [-0.3, -0.25) is 4.84 Å². The first-order valence-corrected chi connectivity index (χ1v) is 10.2. The van der Waals surface area contributed by atoms with Gasteiger partial charge in [0.2, 0.25) is 10.0 Å². The molecule has 1 aromatic carbocycles. The van der Waals surface area contributed by atoms with Crippen LogP contribution in [-0.4, -0.2) is 65.7 Å². The number of rotatable bonds is 6. The van der Waals surface area contributed by atoms with Gasteiger partial charge < -0.3 is 9.64 Å². The van der Waals surface area contributed by atoms with Gasteiger partial charge in [0, 0.05) is 40.0 Å². The van der Waals surface area contributed by atoms with E-state index in [2.05, 4.69) is 4.72 Å². The molecule has 0 unspecified atom stereocenters. The van der Waals surface area contributed by atoms with Gasteiger partial charge in [-0.25, -0.2) is 13.1 Å². The van der Waals surface area contributed by atoms with E-state index in [9.17, 15) is 8.42 Å². The molecule has 2 fully saturated rings. The second kappa shape index (κ2) is 7.59. The minimum Gasteiger partial charge on any atom is -0.378 e. The number of sulfonamides is 1. The van der Waals surface area contributed by atoms with E-state index in [1.807, 2.05) is 43.3 Å². The van der Waals surface area contributed by atoms with Crippen molar-refractivity contribution in [2.75, 3.05) is 45.8 Å². The maximum atomic E-state index is 12.8. The van der Waals surface area contributed by atoms with Crippen molar-refractivity contribution in [3.8, 4) is 0 Å². The van der Waals surface area contributed by atoms with E-state index in [-0.39, 0.29) is 18.8 Å². The number of nitrogens with one attached hydrogen (secondary N) is 1. The molecule has 0 bridgehead atoms. The summed E-state index contributed by atoms with van der Waals surface area (Å²) in [7, 11) is 2.22. The van der Waals surface area contributed by atoms with Crippen LogP contribution in [0.15, 0.2) is 24.3 Å². The maximum Gasteiger partial charge on any atom is 0.218 e. The molecule has 2 saturated heterocycles. The first-order chi connectivity index (χ1) is 11.9. The van der Waals surface area contributed by atoms with E-state index in [1.165, 1.54) is 0 Å². The van der Waals surface area contributed by atoms with E-state index in [0.717, 1.165) is 24.1 Å². The van der Waals surface area contributed by atoms with Crippen molar-refractivity contribution in [2.45, 2.75) is 30.2 Å². The summed E-state index contributed by atoms with van der Waals surface area (Å²) >= 11 is 0. The SMILES string of the molecule is CN(C)c1ccc([C@@H]2[C@H](S(=O)(=O)NC[C@H]3CCCO3)CON2C)cc1. The van der Waals surface area contributed by atoms with Gasteiger partial charge in [0.25, 0.3) is 0 Å². The van der Waals surface area contributed by atoms with Gasteiger partial charge >= 0.3 is 0 Å². The van der Waals surface area contributed by atoms with E-state index in [0.29, 0.717) is 13.2 Å². The Labute approximate surface area is 149 Å². The van der Waals surface area contributed by atoms with Crippen molar-refractivity contribution in [3.05, 3.63) is 29.8 Å². The molecule has 2 heterocycles. The number of hydrogen-bond acceptors (Lipinski definition) is 6. The minimum atomic E-state index is -3.51. The molecule has 1 N–H and O–H groups in total. The van der Waals surface area contributed by atoms with Crippen molar-refractivity contribution in [1.29, 1.82) is 0 Å². The number of ether oxygens (including phenoxy) is 1. The third-order valence-electron chi connectivity index (χ3n) is 4.87. The van der Waals surface area contributed by atoms with Gasteiger partial charge in [0.15, 0.2) is 0 Å². The molecule has 0 spiro atoms. The average molecular weight is 369 g/mol. The number of benzene rings is 1. The van der Waals surface area contributed by atoms with Crippen LogP contribution in [0.1, 0.15) is 24.4 Å². The molecule has 2 aliphatic rings. The van der Waals surface area contributed by atoms with Crippen molar-refractivity contribution < 1.29 is 18.0 Å². The van der Waals surface area contributed by atoms with Crippen molar-refractivity contribution >= 4 is 15.7 Å². The molecule has 0 saturated carbocycles. The average Bonchev–Trinajstić information content (AvgIpc) is 3.23. The molecular formula is C17H27N3O4S. The van der Waals surface area contributed by atoms with Crippen molar-refractivity contribution in [2.24, 2.45) is 0 Å². The van der Waals surface area contributed by atoms with Crippen LogP contribution >= 0.6 is 0 Å². The highest BCUT2D eigenvalue weighted by Crippen LogP contribution is 2.34. The molecule has 3 rings (SSSR count). The first-order valence-electron chi connectivity index (χ1n) is 8.61. The maximum absolute atomic E-state index is 12.8. The normalized spacial score (nSPS) is 27.7. The lowest BCUT2D eigenvalue weighted by Crippen LogP contribution is -2.42. The van der Waals surface area contributed by atoms with Gasteiger partial charge in [0.05, 0.1) is 18.8 Å². The summed E-state index contributed by atoms with van der Waals surface area (Å²) in [4.78, 5) is 7.55. The van der Waals surface area contributed by atoms with Crippen LogP contribution in [0.2, 0.25) is 0 Å². The molecule has 0 radical (unpaired) electrons. The highest BCUT2D eigenvalue weighted by Gasteiger charge is 2.43. The highest BCUT2D eigenvalue weighted by molar-refractivity contribution is 7.90. The summed E-state index contributed by atoms with van der Waals surface area (Å²) in [6.45, 7) is 1.19. The molecule has 0 aliphatic carbocycles. The Morgan fingerprint density at radius 2 is 2.00 bits per heavy atom. The van der Waals surface area contributed by atoms with Gasteiger partial charge in [-0.15, -0.1) is 0 Å². The first kappa shape index (κ1) is 18.6. The molecule has 8 heteroatoms. The molecule has 1 aromatic rings. The number of nitrogens with zero attached hydrogens (tertiary/aromatic N) is 2. The lowest BCUT2D eigenvalue weighted by atomic mass is 10.0. The summed E-state index contributed by atoms with van der Waals surface area (Å²) in [6, 6.07) is 7.58. The zero-order chi connectivity index (χ0) is 18.0. The second-order valence-corrected chi connectivity index (χ2v) is 8.82. The Morgan fingerprint density at radius 1 is 1.28 bits per heavy atom. The summed E-state index contributed by atoms with van der Waals surface area (Å²) < 4.78 is 33.9. The van der Waals surface area contributed by atoms with Crippen LogP contribution in [0.25, 0.3) is 0 Å². The molecule has 3 atom stereocenters. The predicted octanol–water partition coefficient (Wildman–Crippen LogP) is 1.14. The van der Waals surface area contributed by atoms with Crippen LogP contribution in [0.5, 0.6) is 0 Å². The molecule has 25 heavy (non-hydrogen) atoms. The third-order valence-corrected chi connectivity index (χ3v) is 6.63. The molecule has 0 amide bonds. The fourth-order valence-corrected chi connectivity index (χ4v) is 4.91.